The summed E-state index contributed by atoms with van der Waals surface area (Å²) in [6.07, 6.45) is 3.32. The summed E-state index contributed by atoms with van der Waals surface area (Å²) < 4.78 is 54.3. The van der Waals surface area contributed by atoms with Gasteiger partial charge < -0.3 is 0 Å². The zero-order valence-electron chi connectivity index (χ0n) is 15.3. The van der Waals surface area contributed by atoms with Crippen molar-refractivity contribution in [1.82, 2.24) is 18.7 Å². The van der Waals surface area contributed by atoms with Crippen molar-refractivity contribution in [2.24, 2.45) is 0 Å². The van der Waals surface area contributed by atoms with Crippen LogP contribution in [0.5, 0.6) is 0 Å². The molecule has 30 heavy (non-hydrogen) atoms. The van der Waals surface area contributed by atoms with E-state index in [4.69, 9.17) is 11.6 Å². The maximum absolute atomic E-state index is 13.5. The second-order valence-electron chi connectivity index (χ2n) is 6.43. The third kappa shape index (κ3) is 3.12. The van der Waals surface area contributed by atoms with Gasteiger partial charge in [0, 0.05) is 23.3 Å². The van der Waals surface area contributed by atoms with E-state index in [-0.39, 0.29) is 37.8 Å². The molecular formula is C19H12ClF2N5O2S. The van der Waals surface area contributed by atoms with Crippen LogP contribution in [-0.2, 0) is 10.0 Å². The fraction of sp³-hybridized carbons (Fsp3) is 0.105. The van der Waals surface area contributed by atoms with Gasteiger partial charge in [0.05, 0.1) is 27.4 Å². The van der Waals surface area contributed by atoms with Crippen LogP contribution >= 0.6 is 11.6 Å². The molecule has 0 aliphatic carbocycles. The summed E-state index contributed by atoms with van der Waals surface area (Å²) in [5.41, 5.74) is 1.06. The molecule has 0 fully saturated rings. The van der Waals surface area contributed by atoms with Gasteiger partial charge in [-0.05, 0) is 25.1 Å². The summed E-state index contributed by atoms with van der Waals surface area (Å²) >= 11 is 6.28. The number of hydrogen-bond donors (Lipinski definition) is 0. The lowest BCUT2D eigenvalue weighted by Crippen LogP contribution is -2.14. The number of hydrogen-bond acceptors (Lipinski definition) is 5. The van der Waals surface area contributed by atoms with E-state index in [9.17, 15) is 22.5 Å². The highest BCUT2D eigenvalue weighted by Gasteiger charge is 2.27. The molecule has 0 unspecified atom stereocenters. The van der Waals surface area contributed by atoms with E-state index >= 15 is 0 Å². The maximum atomic E-state index is 13.5. The molecule has 0 amide bonds. The van der Waals surface area contributed by atoms with Gasteiger partial charge in [0.15, 0.2) is 5.65 Å². The summed E-state index contributed by atoms with van der Waals surface area (Å²) in [6, 6.07) is 9.43. The van der Waals surface area contributed by atoms with Gasteiger partial charge in [0.1, 0.15) is 6.07 Å². The Morgan fingerprint density at radius 2 is 1.90 bits per heavy atom. The molecule has 0 atom stereocenters. The van der Waals surface area contributed by atoms with Crippen molar-refractivity contribution in [3.8, 4) is 17.3 Å². The van der Waals surface area contributed by atoms with E-state index in [1.165, 1.54) is 18.2 Å². The Kier molecular flexibility index (Phi) is 4.80. The van der Waals surface area contributed by atoms with Crippen LogP contribution in [0.15, 0.2) is 53.8 Å². The molecule has 0 saturated heterocycles. The van der Waals surface area contributed by atoms with Gasteiger partial charge in [-0.25, -0.2) is 22.1 Å². The molecule has 0 aliphatic heterocycles. The molecule has 0 radical (unpaired) electrons. The summed E-state index contributed by atoms with van der Waals surface area (Å²) in [4.78, 5) is 4.09. The lowest BCUT2D eigenvalue weighted by Gasteiger charge is -2.11. The highest BCUT2D eigenvalue weighted by atomic mass is 35.5. The van der Waals surface area contributed by atoms with Crippen molar-refractivity contribution in [3.63, 3.8) is 0 Å². The van der Waals surface area contributed by atoms with Crippen LogP contribution in [0, 0.1) is 18.3 Å². The summed E-state index contributed by atoms with van der Waals surface area (Å²) in [7, 11) is -4.18. The Morgan fingerprint density at radius 1 is 1.20 bits per heavy atom. The number of benzene rings is 1. The lowest BCUT2D eigenvalue weighted by atomic mass is 10.2. The molecule has 4 rings (SSSR count). The molecule has 0 aliphatic rings. The number of halogens is 3. The van der Waals surface area contributed by atoms with Crippen LogP contribution in [0.1, 0.15) is 17.7 Å². The number of fused-ring (bicyclic) bond motifs is 1. The van der Waals surface area contributed by atoms with E-state index in [0.717, 1.165) is 28.1 Å². The molecule has 3 heterocycles. The Bertz CT molecular complexity index is 1420. The number of aryl methyl sites for hydroxylation is 1. The first kappa shape index (κ1) is 20.0. The number of aromatic nitrogens is 4. The number of alkyl halides is 2. The molecule has 152 valence electrons. The minimum Gasteiger partial charge on any atom is -0.236 e. The predicted molar refractivity (Wildman–Crippen MR) is 106 cm³/mol. The fourth-order valence-corrected chi connectivity index (χ4v) is 4.72. The summed E-state index contributed by atoms with van der Waals surface area (Å²) in [6.45, 7) is -1.08. The number of nitriles is 1. The first-order valence-electron chi connectivity index (χ1n) is 8.49. The third-order valence-corrected chi connectivity index (χ3v) is 6.62. The molecule has 11 heteroatoms. The molecule has 0 N–H and O–H groups in total. The largest absolute Gasteiger partial charge is 0.333 e. The SMILES string of the molecule is Cc1ccc(S(=O)(=O)n2c(-c3cnn(C(F)F)c3)cc3c(Cl)c(C#N)cnc32)cc1. The Labute approximate surface area is 174 Å². The highest BCUT2D eigenvalue weighted by Crippen LogP contribution is 2.35. The van der Waals surface area contributed by atoms with Crippen LogP contribution in [0.25, 0.3) is 22.3 Å². The van der Waals surface area contributed by atoms with Crippen LogP contribution in [0.4, 0.5) is 8.78 Å². The zero-order chi connectivity index (χ0) is 21.6. The summed E-state index contributed by atoms with van der Waals surface area (Å²) in [5.74, 6) is 0. The molecule has 0 bridgehead atoms. The standard InChI is InChI=1S/C19H12ClF2N5O2S/c1-11-2-4-14(5-3-11)30(28,29)27-16(13-9-25-26(10-13)19(21)22)6-15-17(20)12(7-23)8-24-18(15)27/h2-6,8-10,19H,1H3. The second-order valence-corrected chi connectivity index (χ2v) is 8.60. The van der Waals surface area contributed by atoms with Crippen molar-refractivity contribution < 1.29 is 17.2 Å². The highest BCUT2D eigenvalue weighted by molar-refractivity contribution is 7.90. The van der Waals surface area contributed by atoms with Gasteiger partial charge in [-0.3, -0.25) is 0 Å². The molecule has 0 spiro atoms. The van der Waals surface area contributed by atoms with E-state index < -0.39 is 16.6 Å². The van der Waals surface area contributed by atoms with E-state index in [0.29, 0.717) is 4.68 Å². The molecule has 3 aromatic heterocycles. The van der Waals surface area contributed by atoms with E-state index in [1.54, 1.807) is 12.1 Å². The maximum Gasteiger partial charge on any atom is 0.333 e. The average molecular weight is 448 g/mol. The van der Waals surface area contributed by atoms with Gasteiger partial charge in [-0.15, -0.1) is 0 Å². The number of rotatable bonds is 4. The normalized spacial score (nSPS) is 11.9. The van der Waals surface area contributed by atoms with Crippen molar-refractivity contribution in [3.05, 3.63) is 65.1 Å². The topological polar surface area (TPSA) is 93.6 Å². The Hall–Kier alpha value is -3.29. The van der Waals surface area contributed by atoms with Gasteiger partial charge in [-0.1, -0.05) is 29.3 Å². The first-order chi connectivity index (χ1) is 14.2. The van der Waals surface area contributed by atoms with Gasteiger partial charge in [0.25, 0.3) is 10.0 Å². The van der Waals surface area contributed by atoms with Gasteiger partial charge in [-0.2, -0.15) is 19.1 Å². The van der Waals surface area contributed by atoms with Crippen molar-refractivity contribution in [1.29, 1.82) is 5.26 Å². The van der Waals surface area contributed by atoms with Crippen LogP contribution in [0.2, 0.25) is 5.02 Å². The fourth-order valence-electron chi connectivity index (χ4n) is 3.01. The number of pyridine rings is 1. The zero-order valence-corrected chi connectivity index (χ0v) is 16.9. The molecule has 4 aromatic rings. The molecule has 0 saturated carbocycles. The van der Waals surface area contributed by atoms with Crippen LogP contribution < -0.4 is 0 Å². The lowest BCUT2D eigenvalue weighted by molar-refractivity contribution is 0.0566. The monoisotopic (exact) mass is 447 g/mol. The quantitative estimate of drug-likeness (QED) is 0.463. The Morgan fingerprint density at radius 3 is 2.50 bits per heavy atom. The van der Waals surface area contributed by atoms with Gasteiger partial charge in [0.2, 0.25) is 0 Å². The predicted octanol–water partition coefficient (Wildman–Crippen LogP) is 4.37. The van der Waals surface area contributed by atoms with E-state index in [1.807, 2.05) is 13.0 Å². The molecule has 1 aromatic carbocycles. The first-order valence-corrected chi connectivity index (χ1v) is 10.3. The smallest absolute Gasteiger partial charge is 0.236 e. The van der Waals surface area contributed by atoms with Gasteiger partial charge >= 0.3 is 6.55 Å². The number of nitrogens with zero attached hydrogens (tertiary/aromatic N) is 5. The van der Waals surface area contributed by atoms with Crippen molar-refractivity contribution in [2.75, 3.05) is 0 Å². The Balaban J connectivity index is 2.06. The van der Waals surface area contributed by atoms with Crippen LogP contribution in [-0.4, -0.2) is 27.2 Å². The van der Waals surface area contributed by atoms with Crippen molar-refractivity contribution in [2.45, 2.75) is 18.4 Å². The van der Waals surface area contributed by atoms with E-state index in [2.05, 4.69) is 10.1 Å². The minimum atomic E-state index is -4.18. The molecular weight excluding hydrogens is 436 g/mol. The summed E-state index contributed by atoms with van der Waals surface area (Å²) in [5, 5.41) is 13.0. The second kappa shape index (κ2) is 7.19. The minimum absolute atomic E-state index is 0.0165. The average Bonchev–Trinajstić information content (AvgIpc) is 3.34. The molecule has 7 nitrogen and oxygen atoms in total. The van der Waals surface area contributed by atoms with Crippen LogP contribution in [0.3, 0.4) is 0 Å². The third-order valence-electron chi connectivity index (χ3n) is 4.50. The van der Waals surface area contributed by atoms with Crippen molar-refractivity contribution >= 4 is 32.7 Å².